The Balaban J connectivity index is 1.15. The van der Waals surface area contributed by atoms with Crippen molar-refractivity contribution in [2.45, 2.75) is 65.7 Å². The summed E-state index contributed by atoms with van der Waals surface area (Å²) in [5, 5.41) is 0.898. The summed E-state index contributed by atoms with van der Waals surface area (Å²) in [5.41, 5.74) is 8.43. The number of rotatable bonds is 32. The average molecular weight is 787 g/mol. The van der Waals surface area contributed by atoms with Crippen LogP contribution in [0.1, 0.15) is 46.4 Å². The first-order chi connectivity index (χ1) is 26.1. The normalized spacial score (nSPS) is 13.6. The fourth-order valence-electron chi connectivity index (χ4n) is 5.13. The highest BCUT2D eigenvalue weighted by Crippen LogP contribution is 2.43. The summed E-state index contributed by atoms with van der Waals surface area (Å²) < 4.78 is 68.4. The van der Waals surface area contributed by atoms with E-state index in [4.69, 9.17) is 57.7 Å². The van der Waals surface area contributed by atoms with E-state index in [1.165, 1.54) is 6.92 Å². The molecule has 17 nitrogen and oxygen atoms in total. The van der Waals surface area contributed by atoms with Crippen LogP contribution in [0.5, 0.6) is 0 Å². The van der Waals surface area contributed by atoms with Gasteiger partial charge in [0.15, 0.2) is 5.82 Å². The number of pyridine rings is 1. The number of carbonyl (C=O) groups is 1. The van der Waals surface area contributed by atoms with Crippen molar-refractivity contribution in [3.05, 3.63) is 30.1 Å². The lowest BCUT2D eigenvalue weighted by Gasteiger charge is -2.18. The second-order valence-corrected chi connectivity index (χ2v) is 13.8. The molecule has 2 heterocycles. The number of imidazole rings is 1. The predicted molar refractivity (Wildman–Crippen MR) is 201 cm³/mol. The van der Waals surface area contributed by atoms with E-state index in [1.54, 1.807) is 0 Å². The van der Waals surface area contributed by atoms with Gasteiger partial charge in [-0.15, -0.1) is 0 Å². The van der Waals surface area contributed by atoms with E-state index in [9.17, 15) is 14.3 Å². The molecule has 54 heavy (non-hydrogen) atoms. The first-order valence-corrected chi connectivity index (χ1v) is 20.0. The van der Waals surface area contributed by atoms with Crippen LogP contribution < -0.4 is 5.73 Å². The van der Waals surface area contributed by atoms with Gasteiger partial charge in [0.1, 0.15) is 17.4 Å². The molecule has 2 atom stereocenters. The van der Waals surface area contributed by atoms with E-state index < -0.39 is 13.9 Å². The number of phosphoric ester groups is 1. The van der Waals surface area contributed by atoms with E-state index in [0.717, 1.165) is 41.5 Å². The summed E-state index contributed by atoms with van der Waals surface area (Å²) in [5.74, 6) is 0.787. The van der Waals surface area contributed by atoms with E-state index in [2.05, 4.69) is 11.9 Å². The van der Waals surface area contributed by atoms with Crippen molar-refractivity contribution in [3.8, 4) is 0 Å². The Morgan fingerprint density at radius 1 is 0.815 bits per heavy atom. The minimum Gasteiger partial charge on any atom is -0.458 e. The van der Waals surface area contributed by atoms with Crippen LogP contribution in [0.2, 0.25) is 0 Å². The molecule has 3 rings (SSSR count). The monoisotopic (exact) mass is 786 g/mol. The second kappa shape index (κ2) is 26.1. The molecule has 0 amide bonds. The number of nitrogens with two attached hydrogens (primary N) is 1. The number of para-hydroxylation sites is 1. The van der Waals surface area contributed by atoms with Crippen LogP contribution in [0.25, 0.3) is 21.9 Å². The molecule has 3 N–H and O–H groups in total. The lowest BCUT2D eigenvalue weighted by atomic mass is 10.2. The van der Waals surface area contributed by atoms with Crippen molar-refractivity contribution in [3.63, 3.8) is 0 Å². The largest absolute Gasteiger partial charge is 0.472 e. The number of aryl methyl sites for hydroxylation is 1. The molecule has 0 aliphatic carbocycles. The van der Waals surface area contributed by atoms with E-state index in [0.29, 0.717) is 70.8 Å². The van der Waals surface area contributed by atoms with Crippen LogP contribution in [0.15, 0.2) is 24.3 Å². The van der Waals surface area contributed by atoms with Crippen LogP contribution >= 0.6 is 7.82 Å². The van der Waals surface area contributed by atoms with Crippen molar-refractivity contribution in [2.24, 2.45) is 0 Å². The Morgan fingerprint density at radius 2 is 1.37 bits per heavy atom. The molecule has 306 valence electrons. The van der Waals surface area contributed by atoms with E-state index >= 15 is 0 Å². The number of hydrogen-bond acceptors (Lipinski definition) is 15. The van der Waals surface area contributed by atoms with Gasteiger partial charge in [0.05, 0.1) is 116 Å². The summed E-state index contributed by atoms with van der Waals surface area (Å²) in [7, 11) is -4.31. The van der Waals surface area contributed by atoms with Gasteiger partial charge in [0, 0.05) is 25.3 Å². The molecule has 0 saturated heterocycles. The van der Waals surface area contributed by atoms with Gasteiger partial charge in [-0.1, -0.05) is 31.5 Å². The van der Waals surface area contributed by atoms with Gasteiger partial charge >= 0.3 is 13.8 Å². The van der Waals surface area contributed by atoms with Gasteiger partial charge in [-0.3, -0.25) is 13.8 Å². The Kier molecular flexibility index (Phi) is 22.1. The third-order valence-corrected chi connectivity index (χ3v) is 8.62. The number of aromatic nitrogens is 3. The second-order valence-electron chi connectivity index (χ2n) is 12.4. The van der Waals surface area contributed by atoms with Crippen LogP contribution in [0.3, 0.4) is 0 Å². The molecule has 2 aromatic heterocycles. The molecule has 0 bridgehead atoms. The Bertz CT molecular complexity index is 1540. The third-order valence-electron chi connectivity index (χ3n) is 7.61. The maximum Gasteiger partial charge on any atom is 0.472 e. The summed E-state index contributed by atoms with van der Waals surface area (Å²) >= 11 is 0. The van der Waals surface area contributed by atoms with Crippen molar-refractivity contribution < 1.29 is 61.2 Å². The zero-order valence-corrected chi connectivity index (χ0v) is 33.0. The topological polar surface area (TPSA) is 203 Å². The number of hydrogen-bond donors (Lipinski definition) is 2. The number of fused-ring (bicyclic) bond motifs is 3. The van der Waals surface area contributed by atoms with E-state index in [1.807, 2.05) is 42.7 Å². The third kappa shape index (κ3) is 17.8. The number of benzene rings is 1. The maximum absolute atomic E-state index is 12.5. The Labute approximate surface area is 317 Å². The molecule has 0 spiro atoms. The standard InChI is InChI=1S/C36H59N4O13P/c1-5-6-11-33-39-34-35(31-9-7-8-10-32(31)38-36(34)37)40(33)12-13-51-54(42,43)52-25-24-48-21-20-46-17-16-44-14-15-45-18-19-47-22-23-49-26-30(53-29(4)41)27-50-28(2)3/h7-10,28,30H,5-6,11-27H2,1-4H3,(H2,37,38)(H,42,43)/t30-/m0/s1. The van der Waals surface area contributed by atoms with Crippen molar-refractivity contribution in [1.82, 2.24) is 14.5 Å². The highest BCUT2D eigenvalue weighted by Gasteiger charge is 2.22. The number of nitrogens with zero attached hydrogens (tertiary/aromatic N) is 3. The van der Waals surface area contributed by atoms with Gasteiger partial charge in [0.25, 0.3) is 0 Å². The van der Waals surface area contributed by atoms with Gasteiger partial charge in [-0.05, 0) is 26.3 Å². The van der Waals surface area contributed by atoms with Crippen molar-refractivity contribution in [2.75, 3.05) is 105 Å². The number of carbonyl (C=O) groups excluding carboxylic acids is 1. The smallest absolute Gasteiger partial charge is 0.458 e. The summed E-state index contributed by atoms with van der Waals surface area (Å²) in [6.07, 6.45) is 2.24. The molecule has 0 aliphatic rings. The molecule has 18 heteroatoms. The molecule has 0 aliphatic heterocycles. The van der Waals surface area contributed by atoms with Crippen molar-refractivity contribution in [1.29, 1.82) is 0 Å². The molecule has 1 aromatic carbocycles. The summed E-state index contributed by atoms with van der Waals surface area (Å²) in [4.78, 5) is 30.7. The summed E-state index contributed by atoms with van der Waals surface area (Å²) in [6, 6.07) is 7.67. The van der Waals surface area contributed by atoms with Crippen molar-refractivity contribution >= 4 is 41.5 Å². The Hall–Kier alpha value is -2.80. The van der Waals surface area contributed by atoms with Crippen LogP contribution in [0.4, 0.5) is 5.82 Å². The molecule has 1 unspecified atom stereocenters. The molecular formula is C36H59N4O13P. The lowest BCUT2D eigenvalue weighted by molar-refractivity contribution is -0.155. The molecule has 0 fully saturated rings. The van der Waals surface area contributed by atoms with Crippen LogP contribution in [-0.4, -0.2) is 137 Å². The zero-order valence-electron chi connectivity index (χ0n) is 32.1. The number of ether oxygens (including phenoxy) is 8. The quantitative estimate of drug-likeness (QED) is 0.0520. The first kappa shape index (κ1) is 45.6. The van der Waals surface area contributed by atoms with Crippen LogP contribution in [-0.2, 0) is 69.3 Å². The summed E-state index contributed by atoms with van der Waals surface area (Å²) in [6.45, 7) is 11.8. The van der Waals surface area contributed by atoms with Gasteiger partial charge < -0.3 is 53.1 Å². The molecule has 3 aromatic rings. The number of nitrogen functional groups attached to an aromatic ring is 1. The molecular weight excluding hydrogens is 727 g/mol. The SMILES string of the molecule is CCCCc1nc2c(N)nc3ccccc3c2n1CCOP(=O)(O)OCCOCCOCCOCCOCCOCCOC[C@@H](COC(C)C)OC(C)=O. The predicted octanol–water partition coefficient (Wildman–Crippen LogP) is 4.10. The van der Waals surface area contributed by atoms with Gasteiger partial charge in [0.2, 0.25) is 0 Å². The highest BCUT2D eigenvalue weighted by atomic mass is 31.2. The minimum atomic E-state index is -4.31. The van der Waals surface area contributed by atoms with Gasteiger partial charge in [-0.2, -0.15) is 0 Å². The first-order valence-electron chi connectivity index (χ1n) is 18.5. The lowest BCUT2D eigenvalue weighted by Crippen LogP contribution is -2.29. The Morgan fingerprint density at radius 3 is 1.94 bits per heavy atom. The van der Waals surface area contributed by atoms with Gasteiger partial charge in [-0.25, -0.2) is 14.5 Å². The number of phosphoric acid groups is 1. The molecule has 0 saturated carbocycles. The maximum atomic E-state index is 12.5. The molecule has 0 radical (unpaired) electrons. The fraction of sp³-hybridized carbons (Fsp3) is 0.694. The van der Waals surface area contributed by atoms with E-state index in [-0.39, 0.29) is 58.3 Å². The zero-order chi connectivity index (χ0) is 39.0. The number of unbranched alkanes of at least 4 members (excludes halogenated alkanes) is 1. The number of esters is 1. The fourth-order valence-corrected chi connectivity index (χ4v) is 5.82. The highest BCUT2D eigenvalue weighted by molar-refractivity contribution is 7.47. The van der Waals surface area contributed by atoms with Crippen LogP contribution in [0, 0.1) is 0 Å². The average Bonchev–Trinajstić information content (AvgIpc) is 3.50. The number of anilines is 1. The minimum absolute atomic E-state index is 0.0371.